The first-order valence-corrected chi connectivity index (χ1v) is 8.04. The molecule has 4 atom stereocenters. The highest BCUT2D eigenvalue weighted by Crippen LogP contribution is 2.39. The van der Waals surface area contributed by atoms with E-state index >= 15 is 0 Å². The summed E-state index contributed by atoms with van der Waals surface area (Å²) in [6.07, 6.45) is -4.77. The second-order valence-corrected chi connectivity index (χ2v) is 6.14. The van der Waals surface area contributed by atoms with Gasteiger partial charge in [-0.25, -0.2) is 4.98 Å². The zero-order valence-corrected chi connectivity index (χ0v) is 12.7. The molecule has 2 aromatic heterocycles. The number of hydrogen-bond donors (Lipinski definition) is 4. The van der Waals surface area contributed by atoms with Gasteiger partial charge in [-0.3, -0.25) is 14.3 Å². The van der Waals surface area contributed by atoms with Crippen LogP contribution in [0.5, 0.6) is 0 Å². The number of nitrogens with two attached hydrogens (primary N) is 1. The molecule has 1 fully saturated rings. The molecule has 0 spiro atoms. The Morgan fingerprint density at radius 3 is 2.88 bits per heavy atom. The van der Waals surface area contributed by atoms with Gasteiger partial charge in [0.2, 0.25) is 5.95 Å². The summed E-state index contributed by atoms with van der Waals surface area (Å²) in [4.78, 5) is 43.3. The van der Waals surface area contributed by atoms with Crippen molar-refractivity contribution in [3.05, 3.63) is 16.7 Å². The third kappa shape index (κ3) is 2.93. The number of fused-ring (bicyclic) bond motifs is 1. The van der Waals surface area contributed by atoms with E-state index < -0.39 is 44.5 Å². The lowest BCUT2D eigenvalue weighted by atomic mass is 10.1. The molecule has 1 aliphatic rings. The summed E-state index contributed by atoms with van der Waals surface area (Å²) in [6, 6.07) is 0. The van der Waals surface area contributed by atoms with Crippen molar-refractivity contribution in [3.63, 3.8) is 0 Å². The molecule has 0 bridgehead atoms. The number of H-pyrrole nitrogens is 1. The van der Waals surface area contributed by atoms with E-state index in [0.717, 1.165) is 10.9 Å². The Labute approximate surface area is 132 Å². The molecule has 14 heteroatoms. The molecule has 5 N–H and O–H groups in total. The van der Waals surface area contributed by atoms with E-state index in [0.29, 0.717) is 0 Å². The molecule has 3 heterocycles. The van der Waals surface area contributed by atoms with Gasteiger partial charge in [-0.15, -0.1) is 0 Å². The third-order valence-corrected chi connectivity index (χ3v) is 3.97. The van der Waals surface area contributed by atoms with Gasteiger partial charge in [-0.1, -0.05) is 0 Å². The normalized spacial score (nSPS) is 27.8. The van der Waals surface area contributed by atoms with E-state index in [4.69, 9.17) is 10.5 Å². The van der Waals surface area contributed by atoms with Gasteiger partial charge in [-0.2, -0.15) is 4.98 Å². The van der Waals surface area contributed by atoms with Crippen LogP contribution in [-0.2, 0) is 13.8 Å². The lowest BCUT2D eigenvalue weighted by molar-refractivity contribution is -0.347. The molecule has 1 aliphatic heterocycles. The van der Waals surface area contributed by atoms with Crippen molar-refractivity contribution in [2.24, 2.45) is 0 Å². The predicted octanol–water partition coefficient (Wildman–Crippen LogP) is -3.83. The summed E-state index contributed by atoms with van der Waals surface area (Å²) in [5.41, 5.74) is 4.70. The average Bonchev–Trinajstić information content (AvgIpc) is 3.00. The Morgan fingerprint density at radius 2 is 2.25 bits per heavy atom. The topological polar surface area (TPSA) is 212 Å². The van der Waals surface area contributed by atoms with Crippen molar-refractivity contribution in [2.75, 3.05) is 12.3 Å². The standard InChI is InChI=1S/C10H14N5O8P/c11-10-13-7-4(8(18)14-10)12-2-15(7)9-5(17)6(3(1-16)22-9)23-24(19,20)21/h2-3,5-6,9,16-17H,1H2,(H2,19,20,21)(H3,11,13,14,18)/p-2/t3-,5-,6-,9-/m1/s1. The van der Waals surface area contributed by atoms with Crippen LogP contribution < -0.4 is 21.1 Å². The Morgan fingerprint density at radius 1 is 1.54 bits per heavy atom. The first-order valence-electron chi connectivity index (χ1n) is 6.58. The van der Waals surface area contributed by atoms with Gasteiger partial charge >= 0.3 is 0 Å². The number of imidazole rings is 1. The van der Waals surface area contributed by atoms with Crippen LogP contribution in [0, 0.1) is 0 Å². The zero-order valence-electron chi connectivity index (χ0n) is 11.8. The van der Waals surface area contributed by atoms with Crippen LogP contribution in [0.4, 0.5) is 5.95 Å². The fourth-order valence-electron chi connectivity index (χ4n) is 2.50. The smallest absolute Gasteiger partial charge is 0.280 e. The molecule has 0 aliphatic carbocycles. The van der Waals surface area contributed by atoms with Gasteiger partial charge in [-0.05, 0) is 0 Å². The van der Waals surface area contributed by atoms with Crippen molar-refractivity contribution in [3.8, 4) is 0 Å². The van der Waals surface area contributed by atoms with Gasteiger partial charge in [0.05, 0.1) is 20.8 Å². The quantitative estimate of drug-likeness (QED) is 0.387. The van der Waals surface area contributed by atoms with Crippen molar-refractivity contribution < 1.29 is 33.8 Å². The average molecular weight is 361 g/mol. The second-order valence-electron chi connectivity index (χ2n) is 5.03. The summed E-state index contributed by atoms with van der Waals surface area (Å²) >= 11 is 0. The Hall–Kier alpha value is -1.86. The number of phosphoric ester groups is 1. The van der Waals surface area contributed by atoms with Crippen LogP contribution in [0.3, 0.4) is 0 Å². The number of rotatable bonds is 4. The number of aliphatic hydroxyl groups excluding tert-OH is 2. The molecule has 1 saturated heterocycles. The summed E-state index contributed by atoms with van der Waals surface area (Å²) in [7, 11) is -5.44. The lowest BCUT2D eigenvalue weighted by Crippen LogP contribution is -2.38. The number of ether oxygens (including phenoxy) is 1. The molecule has 24 heavy (non-hydrogen) atoms. The number of nitrogen functional groups attached to an aromatic ring is 1. The Balaban J connectivity index is 2.01. The second kappa shape index (κ2) is 5.89. The highest BCUT2D eigenvalue weighted by Gasteiger charge is 2.46. The maximum atomic E-state index is 11.7. The van der Waals surface area contributed by atoms with E-state index in [2.05, 4.69) is 19.5 Å². The first kappa shape index (κ1) is 17.0. The van der Waals surface area contributed by atoms with Crippen LogP contribution in [0.2, 0.25) is 0 Å². The number of aliphatic hydroxyl groups is 2. The van der Waals surface area contributed by atoms with E-state index in [1.54, 1.807) is 0 Å². The third-order valence-electron chi connectivity index (χ3n) is 3.46. The number of phosphoric acid groups is 1. The monoisotopic (exact) mass is 361 g/mol. The number of nitrogens with one attached hydrogen (secondary N) is 1. The molecular formula is C10H12N5O8P-2. The fourth-order valence-corrected chi connectivity index (χ4v) is 3.06. The number of aromatic nitrogens is 4. The molecule has 0 unspecified atom stereocenters. The predicted molar refractivity (Wildman–Crippen MR) is 72.0 cm³/mol. The largest absolute Gasteiger partial charge is 0.790 e. The minimum absolute atomic E-state index is 0.0370. The van der Waals surface area contributed by atoms with Crippen LogP contribution in [0.15, 0.2) is 11.1 Å². The molecule has 3 rings (SSSR count). The number of anilines is 1. The minimum Gasteiger partial charge on any atom is -0.790 e. The maximum Gasteiger partial charge on any atom is 0.280 e. The number of hydrogen-bond acceptors (Lipinski definition) is 11. The van der Waals surface area contributed by atoms with E-state index in [9.17, 15) is 29.4 Å². The van der Waals surface area contributed by atoms with Crippen LogP contribution in [0.25, 0.3) is 11.2 Å². The summed E-state index contributed by atoms with van der Waals surface area (Å²) in [5, 5.41) is 19.5. The van der Waals surface area contributed by atoms with Gasteiger partial charge in [0, 0.05) is 0 Å². The first-order chi connectivity index (χ1) is 11.2. The molecule has 13 nitrogen and oxygen atoms in total. The van der Waals surface area contributed by atoms with Crippen molar-refractivity contribution in [1.29, 1.82) is 0 Å². The molecule has 2 aromatic rings. The highest BCUT2D eigenvalue weighted by atomic mass is 31.2. The fraction of sp³-hybridized carbons (Fsp3) is 0.500. The molecule has 0 amide bonds. The Bertz CT molecular complexity index is 861. The zero-order chi connectivity index (χ0) is 17.6. The van der Waals surface area contributed by atoms with Crippen LogP contribution in [-0.4, -0.2) is 54.7 Å². The molecule has 132 valence electrons. The van der Waals surface area contributed by atoms with Gasteiger partial charge < -0.3 is 39.6 Å². The van der Waals surface area contributed by atoms with Crippen molar-refractivity contribution >= 4 is 24.9 Å². The van der Waals surface area contributed by atoms with E-state index in [1.807, 2.05) is 0 Å². The summed E-state index contributed by atoms with van der Waals surface area (Å²) in [5.74, 6) is -0.211. The van der Waals surface area contributed by atoms with Crippen molar-refractivity contribution in [1.82, 2.24) is 19.5 Å². The maximum absolute atomic E-state index is 11.7. The molecule has 0 aromatic carbocycles. The number of aromatic amines is 1. The molecular weight excluding hydrogens is 349 g/mol. The van der Waals surface area contributed by atoms with Crippen LogP contribution in [0.1, 0.15) is 6.23 Å². The lowest BCUT2D eigenvalue weighted by Gasteiger charge is -2.34. The summed E-state index contributed by atoms with van der Waals surface area (Å²) in [6.45, 7) is -0.721. The van der Waals surface area contributed by atoms with Crippen molar-refractivity contribution in [2.45, 2.75) is 24.5 Å². The van der Waals surface area contributed by atoms with E-state index in [-0.39, 0.29) is 17.1 Å². The highest BCUT2D eigenvalue weighted by molar-refractivity contribution is 7.43. The Kier molecular flexibility index (Phi) is 4.17. The minimum atomic E-state index is -5.44. The van der Waals surface area contributed by atoms with Gasteiger partial charge in [0.15, 0.2) is 17.4 Å². The molecule has 0 radical (unpaired) electrons. The SMILES string of the molecule is Nc1nc2c(ncn2[C@@H]2O[C@H](CO)[C@@H](OP(=O)([O-])[O-])[C@H]2O)c(=O)[nH]1. The number of nitrogens with zero attached hydrogens (tertiary/aromatic N) is 3. The summed E-state index contributed by atoms with van der Waals surface area (Å²) < 4.78 is 21.5. The molecule has 0 saturated carbocycles. The van der Waals surface area contributed by atoms with Gasteiger partial charge in [0.25, 0.3) is 5.56 Å². The van der Waals surface area contributed by atoms with Gasteiger partial charge in [0.1, 0.15) is 18.3 Å². The van der Waals surface area contributed by atoms with Crippen LogP contribution >= 0.6 is 7.82 Å². The van der Waals surface area contributed by atoms with E-state index in [1.165, 1.54) is 0 Å².